The average Bonchev–Trinajstić information content (AvgIpc) is 3.02. The fourth-order valence-electron chi connectivity index (χ4n) is 6.49. The van der Waals surface area contributed by atoms with Gasteiger partial charge in [0.1, 0.15) is 0 Å². The Morgan fingerprint density at radius 2 is 1.38 bits per heavy atom. The molecule has 3 aromatic carbocycles. The van der Waals surface area contributed by atoms with Gasteiger partial charge in [-0.1, -0.05) is 84.9 Å². The van der Waals surface area contributed by atoms with Gasteiger partial charge in [-0.3, -0.25) is 9.78 Å². The molecule has 2 fully saturated rings. The number of likely N-dealkylation sites (tertiary alicyclic amines) is 2. The predicted octanol–water partition coefficient (Wildman–Crippen LogP) is 5.67. The van der Waals surface area contributed by atoms with E-state index in [9.17, 15) is 4.79 Å². The summed E-state index contributed by atoms with van der Waals surface area (Å²) in [7, 11) is 4.26. The number of amides is 1. The van der Waals surface area contributed by atoms with Crippen LogP contribution >= 0.6 is 0 Å². The highest BCUT2D eigenvalue weighted by Gasteiger charge is 2.38. The summed E-state index contributed by atoms with van der Waals surface area (Å²) >= 11 is 0. The van der Waals surface area contributed by atoms with Crippen LogP contribution in [0.1, 0.15) is 47.2 Å². The maximum Gasteiger partial charge on any atom is 0.252 e. The van der Waals surface area contributed by atoms with Gasteiger partial charge in [0.05, 0.1) is 11.1 Å². The Balaban J connectivity index is 0.000000211. The number of hydrogen-bond acceptors (Lipinski definition) is 5. The van der Waals surface area contributed by atoms with Crippen molar-refractivity contribution in [1.82, 2.24) is 20.1 Å². The van der Waals surface area contributed by atoms with Crippen LogP contribution in [0.3, 0.4) is 0 Å². The van der Waals surface area contributed by atoms with Gasteiger partial charge in [0, 0.05) is 36.6 Å². The molecule has 0 aliphatic carbocycles. The number of benzene rings is 3. The van der Waals surface area contributed by atoms with Gasteiger partial charge in [-0.25, -0.2) is 0 Å². The summed E-state index contributed by atoms with van der Waals surface area (Å²) in [6.07, 6.45) is 7.82. The van der Waals surface area contributed by atoms with E-state index >= 15 is 0 Å². The molecule has 1 amide bonds. The Kier molecular flexibility index (Phi) is 9.48. The lowest BCUT2D eigenvalue weighted by Crippen LogP contribution is -2.55. The van der Waals surface area contributed by atoms with Crippen molar-refractivity contribution in [2.75, 3.05) is 40.3 Å². The molecule has 218 valence electrons. The van der Waals surface area contributed by atoms with E-state index in [-0.39, 0.29) is 17.0 Å². The number of carbonyl (C=O) groups is 1. The van der Waals surface area contributed by atoms with Gasteiger partial charge in [0.25, 0.3) is 5.91 Å². The topological polar surface area (TPSA) is 74.5 Å². The molecule has 2 aliphatic rings. The number of hydrogen-bond donors (Lipinski definition) is 2. The molecule has 6 heteroatoms. The van der Waals surface area contributed by atoms with Crippen LogP contribution in [-0.2, 0) is 11.1 Å². The Morgan fingerprint density at radius 1 is 0.762 bits per heavy atom. The van der Waals surface area contributed by atoms with Crippen LogP contribution in [0.25, 0.3) is 11.1 Å². The standard InChI is InChI=1S/C24H25N3O.C12H18N2/c1-27-16-8-14-24(18-27,20-10-3-2-4-11-20)26-23(28)22-13-6-5-12-21(22)19-9-7-15-25-17-19;1-14-9-5-8-12(13,10-14)11-6-3-2-4-7-11/h2-7,9-13,15,17H,8,14,16,18H2,1H3,(H,26,28);2-4,6-7H,5,8-10,13H2,1H3. The van der Waals surface area contributed by atoms with Crippen molar-refractivity contribution >= 4 is 5.91 Å². The first-order chi connectivity index (χ1) is 20.4. The van der Waals surface area contributed by atoms with E-state index in [1.165, 1.54) is 18.5 Å². The molecular formula is C36H43N5O. The molecule has 0 spiro atoms. The summed E-state index contributed by atoms with van der Waals surface area (Å²) in [5.41, 5.74) is 10.9. The Hall–Kier alpha value is -3.84. The van der Waals surface area contributed by atoms with E-state index in [1.807, 2.05) is 60.7 Å². The maximum atomic E-state index is 13.4. The molecule has 2 saturated heterocycles. The van der Waals surface area contributed by atoms with Crippen molar-refractivity contribution in [3.8, 4) is 11.1 Å². The summed E-state index contributed by atoms with van der Waals surface area (Å²) in [6, 6.07) is 32.4. The van der Waals surface area contributed by atoms with Crippen LogP contribution in [0.15, 0.2) is 109 Å². The number of piperidine rings is 2. The highest BCUT2D eigenvalue weighted by atomic mass is 16.1. The van der Waals surface area contributed by atoms with Crippen LogP contribution in [0.2, 0.25) is 0 Å². The second-order valence-corrected chi connectivity index (χ2v) is 11.9. The summed E-state index contributed by atoms with van der Waals surface area (Å²) in [5, 5.41) is 3.40. The van der Waals surface area contributed by atoms with Gasteiger partial charge in [-0.15, -0.1) is 0 Å². The lowest BCUT2D eigenvalue weighted by atomic mass is 9.82. The Morgan fingerprint density at radius 3 is 2.02 bits per heavy atom. The van der Waals surface area contributed by atoms with Gasteiger partial charge in [-0.2, -0.15) is 0 Å². The third kappa shape index (κ3) is 6.96. The van der Waals surface area contributed by atoms with E-state index in [4.69, 9.17) is 5.73 Å². The number of aromatic nitrogens is 1. The second-order valence-electron chi connectivity index (χ2n) is 11.9. The number of likely N-dealkylation sites (N-methyl/N-ethyl adjacent to an activating group) is 2. The molecule has 2 unspecified atom stereocenters. The first kappa shape index (κ1) is 29.6. The van der Waals surface area contributed by atoms with Crippen LogP contribution < -0.4 is 11.1 Å². The lowest BCUT2D eigenvalue weighted by Gasteiger charge is -2.42. The SMILES string of the molecule is CN1CCCC(N)(c2ccccc2)C1.CN1CCCC(NC(=O)c2ccccc2-c2cccnc2)(c2ccccc2)C1. The van der Waals surface area contributed by atoms with E-state index in [1.54, 1.807) is 12.4 Å². The fraction of sp³-hybridized carbons (Fsp3) is 0.333. The minimum absolute atomic E-state index is 0.0430. The fourth-order valence-corrected chi connectivity index (χ4v) is 6.49. The molecule has 0 saturated carbocycles. The quantitative estimate of drug-likeness (QED) is 0.329. The largest absolute Gasteiger partial charge is 0.341 e. The van der Waals surface area contributed by atoms with Crippen molar-refractivity contribution in [1.29, 1.82) is 0 Å². The van der Waals surface area contributed by atoms with Crippen molar-refractivity contribution < 1.29 is 4.79 Å². The predicted molar refractivity (Wildman–Crippen MR) is 171 cm³/mol. The molecule has 0 radical (unpaired) electrons. The van der Waals surface area contributed by atoms with Crippen molar-refractivity contribution in [3.63, 3.8) is 0 Å². The third-order valence-electron chi connectivity index (χ3n) is 8.57. The average molecular weight is 562 g/mol. The first-order valence-electron chi connectivity index (χ1n) is 15.0. The molecule has 42 heavy (non-hydrogen) atoms. The van der Waals surface area contributed by atoms with Crippen LogP contribution in [0.4, 0.5) is 0 Å². The van der Waals surface area contributed by atoms with Gasteiger partial charge in [0.15, 0.2) is 0 Å². The van der Waals surface area contributed by atoms with Crippen LogP contribution in [-0.4, -0.2) is 61.0 Å². The number of rotatable bonds is 5. The van der Waals surface area contributed by atoms with E-state index in [0.29, 0.717) is 5.56 Å². The molecule has 3 N–H and O–H groups in total. The minimum atomic E-state index is -0.382. The summed E-state index contributed by atoms with van der Waals surface area (Å²) in [6.45, 7) is 4.00. The highest BCUT2D eigenvalue weighted by molar-refractivity contribution is 6.01. The number of carbonyl (C=O) groups excluding carboxylic acids is 1. The van der Waals surface area contributed by atoms with Crippen molar-refractivity contribution in [2.24, 2.45) is 5.73 Å². The third-order valence-corrected chi connectivity index (χ3v) is 8.57. The Labute approximate surface area is 250 Å². The van der Waals surface area contributed by atoms with Crippen LogP contribution in [0.5, 0.6) is 0 Å². The Bertz CT molecular complexity index is 1430. The number of nitrogens with zero attached hydrogens (tertiary/aromatic N) is 3. The zero-order valence-electron chi connectivity index (χ0n) is 24.9. The molecular weight excluding hydrogens is 518 g/mol. The van der Waals surface area contributed by atoms with Gasteiger partial charge in [-0.05, 0) is 81.7 Å². The minimum Gasteiger partial charge on any atom is -0.341 e. The van der Waals surface area contributed by atoms with E-state index in [0.717, 1.165) is 55.6 Å². The monoisotopic (exact) mass is 561 g/mol. The first-order valence-corrected chi connectivity index (χ1v) is 15.0. The number of nitrogens with two attached hydrogens (primary N) is 1. The van der Waals surface area contributed by atoms with Crippen LogP contribution in [0, 0.1) is 0 Å². The summed E-state index contributed by atoms with van der Waals surface area (Å²) in [5.74, 6) is -0.0430. The summed E-state index contributed by atoms with van der Waals surface area (Å²) < 4.78 is 0. The molecule has 4 aromatic rings. The molecule has 1 aromatic heterocycles. The smallest absolute Gasteiger partial charge is 0.252 e. The van der Waals surface area contributed by atoms with Crippen molar-refractivity contribution in [3.05, 3.63) is 126 Å². The van der Waals surface area contributed by atoms with Gasteiger partial charge >= 0.3 is 0 Å². The summed E-state index contributed by atoms with van der Waals surface area (Å²) in [4.78, 5) is 22.3. The van der Waals surface area contributed by atoms with E-state index in [2.05, 4.69) is 70.6 Å². The van der Waals surface area contributed by atoms with E-state index < -0.39 is 0 Å². The van der Waals surface area contributed by atoms with Gasteiger partial charge in [0.2, 0.25) is 0 Å². The lowest BCUT2D eigenvalue weighted by molar-refractivity contribution is 0.0808. The molecule has 0 bridgehead atoms. The molecule has 2 atom stereocenters. The zero-order chi connectivity index (χ0) is 29.4. The van der Waals surface area contributed by atoms with Crippen molar-refractivity contribution in [2.45, 2.75) is 36.8 Å². The number of pyridine rings is 1. The molecule has 6 rings (SSSR count). The highest BCUT2D eigenvalue weighted by Crippen LogP contribution is 2.33. The molecule has 2 aliphatic heterocycles. The number of nitrogens with one attached hydrogen (secondary N) is 1. The maximum absolute atomic E-state index is 13.4. The molecule has 3 heterocycles. The molecule has 6 nitrogen and oxygen atoms in total. The van der Waals surface area contributed by atoms with Gasteiger partial charge < -0.3 is 20.9 Å². The zero-order valence-corrected chi connectivity index (χ0v) is 24.9. The normalized spacial score (nSPS) is 22.9. The second kappa shape index (κ2) is 13.4.